The van der Waals surface area contributed by atoms with Crippen molar-refractivity contribution in [1.82, 2.24) is 5.32 Å². The second-order valence-electron chi connectivity index (χ2n) is 3.58. The average Bonchev–Trinajstić information content (AvgIpc) is 2.67. The summed E-state index contributed by atoms with van der Waals surface area (Å²) in [6, 6.07) is 3.66. The van der Waals surface area contributed by atoms with Crippen molar-refractivity contribution in [2.24, 2.45) is 0 Å². The van der Waals surface area contributed by atoms with Crippen molar-refractivity contribution >= 4 is 34.8 Å². The molecule has 0 aliphatic rings. The molecule has 1 amide bonds. The zero-order valence-corrected chi connectivity index (χ0v) is 10.8. The maximum atomic E-state index is 11.4. The fourth-order valence-electron chi connectivity index (χ4n) is 1.28. The van der Waals surface area contributed by atoms with Crippen molar-refractivity contribution in [3.63, 3.8) is 0 Å². The first-order chi connectivity index (χ1) is 8.08. The van der Waals surface area contributed by atoms with Gasteiger partial charge in [-0.05, 0) is 25.0 Å². The first-order valence-electron chi connectivity index (χ1n) is 5.30. The van der Waals surface area contributed by atoms with Gasteiger partial charge in [-0.3, -0.25) is 9.59 Å². The molecule has 0 fully saturated rings. The van der Waals surface area contributed by atoms with Gasteiger partial charge in [0.25, 0.3) is 0 Å². The van der Waals surface area contributed by atoms with Gasteiger partial charge in [0.2, 0.25) is 5.91 Å². The minimum absolute atomic E-state index is 0.0556. The summed E-state index contributed by atoms with van der Waals surface area (Å²) in [6.07, 6.45) is 1.62. The fourth-order valence-corrected chi connectivity index (χ4v) is 2.31. The Bertz CT molecular complexity index is 392. The maximum Gasteiger partial charge on any atom is 0.303 e. The number of carboxylic acid groups (broad SMARTS) is 1. The lowest BCUT2D eigenvalue weighted by Gasteiger charge is -2.02. The quantitative estimate of drug-likeness (QED) is 0.752. The van der Waals surface area contributed by atoms with Crippen LogP contribution in [-0.4, -0.2) is 17.0 Å². The highest BCUT2D eigenvalue weighted by Crippen LogP contribution is 2.20. The number of thiophene rings is 1. The van der Waals surface area contributed by atoms with Gasteiger partial charge in [0, 0.05) is 17.7 Å². The summed E-state index contributed by atoms with van der Waals surface area (Å²) >= 11 is 7.19. The molecule has 0 saturated carbocycles. The lowest BCUT2D eigenvalue weighted by atomic mass is 10.2. The topological polar surface area (TPSA) is 66.4 Å². The van der Waals surface area contributed by atoms with Crippen molar-refractivity contribution in [2.75, 3.05) is 0 Å². The number of hydrogen-bond donors (Lipinski definition) is 2. The Hall–Kier alpha value is -1.07. The molecule has 0 bridgehead atoms. The van der Waals surface area contributed by atoms with Gasteiger partial charge in [0.1, 0.15) is 0 Å². The molecule has 0 radical (unpaired) electrons. The summed E-state index contributed by atoms with van der Waals surface area (Å²) in [5.74, 6) is -0.876. The largest absolute Gasteiger partial charge is 0.481 e. The highest BCUT2D eigenvalue weighted by Gasteiger charge is 2.04. The Balaban J connectivity index is 2.11. The molecule has 0 aromatic carbocycles. The molecular weight excluding hydrogens is 262 g/mol. The van der Waals surface area contributed by atoms with Crippen molar-refractivity contribution in [3.05, 3.63) is 21.3 Å². The molecular formula is C11H14ClNO3S. The zero-order valence-electron chi connectivity index (χ0n) is 9.24. The Morgan fingerprint density at radius 3 is 2.59 bits per heavy atom. The third kappa shape index (κ3) is 6.28. The van der Waals surface area contributed by atoms with Crippen molar-refractivity contribution in [2.45, 2.75) is 32.2 Å². The number of carbonyl (C=O) groups excluding carboxylic acids is 1. The third-order valence-electron chi connectivity index (χ3n) is 2.13. The SMILES string of the molecule is O=C(O)CCCCC(=O)NCc1ccc(Cl)s1. The molecule has 0 saturated heterocycles. The number of rotatable bonds is 7. The predicted molar refractivity (Wildman–Crippen MR) is 67.3 cm³/mol. The van der Waals surface area contributed by atoms with Gasteiger partial charge >= 0.3 is 5.97 Å². The molecule has 0 unspecified atom stereocenters. The van der Waals surface area contributed by atoms with E-state index in [2.05, 4.69) is 5.32 Å². The van der Waals surface area contributed by atoms with Crippen molar-refractivity contribution < 1.29 is 14.7 Å². The van der Waals surface area contributed by atoms with Crippen LogP contribution >= 0.6 is 22.9 Å². The Morgan fingerprint density at radius 2 is 2.00 bits per heavy atom. The van der Waals surface area contributed by atoms with Crippen LogP contribution in [0.2, 0.25) is 4.34 Å². The van der Waals surface area contributed by atoms with Gasteiger partial charge in [-0.2, -0.15) is 0 Å². The molecule has 4 nitrogen and oxygen atoms in total. The maximum absolute atomic E-state index is 11.4. The van der Waals surface area contributed by atoms with Crippen LogP contribution in [-0.2, 0) is 16.1 Å². The van der Waals surface area contributed by atoms with Gasteiger partial charge in [0.05, 0.1) is 10.9 Å². The first kappa shape index (κ1) is 14.0. The number of hydrogen-bond acceptors (Lipinski definition) is 3. The van der Waals surface area contributed by atoms with Crippen LogP contribution in [0.1, 0.15) is 30.6 Å². The Morgan fingerprint density at radius 1 is 1.29 bits per heavy atom. The zero-order chi connectivity index (χ0) is 12.7. The monoisotopic (exact) mass is 275 g/mol. The number of carbonyl (C=O) groups is 2. The lowest BCUT2D eigenvalue weighted by molar-refractivity contribution is -0.137. The summed E-state index contributed by atoms with van der Waals surface area (Å²) < 4.78 is 0.704. The van der Waals surface area contributed by atoms with E-state index in [1.54, 1.807) is 6.07 Å². The number of halogens is 1. The highest BCUT2D eigenvalue weighted by atomic mass is 35.5. The normalized spacial score (nSPS) is 10.2. The van der Waals surface area contributed by atoms with Gasteiger partial charge in [-0.25, -0.2) is 0 Å². The van der Waals surface area contributed by atoms with Crippen LogP contribution in [0.4, 0.5) is 0 Å². The van der Waals surface area contributed by atoms with E-state index in [4.69, 9.17) is 16.7 Å². The van der Waals surface area contributed by atoms with Crippen molar-refractivity contribution in [1.29, 1.82) is 0 Å². The van der Waals surface area contributed by atoms with Crippen LogP contribution in [0.5, 0.6) is 0 Å². The van der Waals surface area contributed by atoms with E-state index in [1.165, 1.54) is 11.3 Å². The van der Waals surface area contributed by atoms with Crippen LogP contribution in [0.25, 0.3) is 0 Å². The van der Waals surface area contributed by atoms with Gasteiger partial charge < -0.3 is 10.4 Å². The van der Waals surface area contributed by atoms with Gasteiger partial charge in [-0.15, -0.1) is 11.3 Å². The van der Waals surface area contributed by atoms with Crippen molar-refractivity contribution in [3.8, 4) is 0 Å². The van der Waals surface area contributed by atoms with E-state index in [-0.39, 0.29) is 12.3 Å². The van der Waals surface area contributed by atoms with E-state index in [0.29, 0.717) is 30.1 Å². The molecule has 1 heterocycles. The predicted octanol–water partition coefficient (Wildman–Crippen LogP) is 2.66. The Kier molecular flexibility index (Phi) is 6.00. The lowest BCUT2D eigenvalue weighted by Crippen LogP contribution is -2.21. The molecule has 6 heteroatoms. The standard InChI is InChI=1S/C11H14ClNO3S/c12-9-6-5-8(17-9)7-13-10(14)3-1-2-4-11(15)16/h5-6H,1-4,7H2,(H,13,14)(H,15,16). The van der Waals surface area contributed by atoms with E-state index >= 15 is 0 Å². The smallest absolute Gasteiger partial charge is 0.303 e. The minimum atomic E-state index is -0.821. The first-order valence-corrected chi connectivity index (χ1v) is 6.50. The number of unbranched alkanes of at least 4 members (excludes halogenated alkanes) is 1. The number of carboxylic acids is 1. The third-order valence-corrected chi connectivity index (χ3v) is 3.36. The number of amides is 1. The summed E-state index contributed by atoms with van der Waals surface area (Å²) in [6.45, 7) is 0.481. The van der Waals surface area contributed by atoms with Crippen LogP contribution < -0.4 is 5.32 Å². The van der Waals surface area contributed by atoms with E-state index < -0.39 is 5.97 Å². The average molecular weight is 276 g/mol. The molecule has 0 aliphatic heterocycles. The Labute approximate surface area is 109 Å². The van der Waals surface area contributed by atoms with Crippen LogP contribution in [0.15, 0.2) is 12.1 Å². The summed E-state index contributed by atoms with van der Waals surface area (Å²) in [5, 5.41) is 11.2. The minimum Gasteiger partial charge on any atom is -0.481 e. The van der Waals surface area contributed by atoms with E-state index in [9.17, 15) is 9.59 Å². The van der Waals surface area contributed by atoms with E-state index in [0.717, 1.165) is 4.88 Å². The molecule has 17 heavy (non-hydrogen) atoms. The summed E-state index contributed by atoms with van der Waals surface area (Å²) in [7, 11) is 0. The van der Waals surface area contributed by atoms with Crippen LogP contribution in [0.3, 0.4) is 0 Å². The van der Waals surface area contributed by atoms with Gasteiger partial charge in [0.15, 0.2) is 0 Å². The molecule has 0 aliphatic carbocycles. The molecule has 1 rings (SSSR count). The summed E-state index contributed by atoms with van der Waals surface area (Å²) in [5.41, 5.74) is 0. The molecule has 1 aromatic heterocycles. The number of nitrogens with one attached hydrogen (secondary N) is 1. The van der Waals surface area contributed by atoms with Crippen LogP contribution in [0, 0.1) is 0 Å². The highest BCUT2D eigenvalue weighted by molar-refractivity contribution is 7.16. The van der Waals surface area contributed by atoms with E-state index in [1.807, 2.05) is 6.07 Å². The molecule has 94 valence electrons. The molecule has 2 N–H and O–H groups in total. The summed E-state index contributed by atoms with van der Waals surface area (Å²) in [4.78, 5) is 22.6. The molecule has 0 atom stereocenters. The second kappa shape index (κ2) is 7.29. The van der Waals surface area contributed by atoms with Gasteiger partial charge in [-0.1, -0.05) is 11.6 Å². The molecule has 1 aromatic rings. The number of aliphatic carboxylic acids is 1. The molecule has 0 spiro atoms. The fraction of sp³-hybridized carbons (Fsp3) is 0.455. The second-order valence-corrected chi connectivity index (χ2v) is 5.38.